The van der Waals surface area contributed by atoms with Crippen molar-refractivity contribution in [3.8, 4) is 5.69 Å². The van der Waals surface area contributed by atoms with E-state index >= 15 is 0 Å². The molecule has 1 aromatic heterocycles. The summed E-state index contributed by atoms with van der Waals surface area (Å²) in [4.78, 5) is 12.7. The third-order valence-electron chi connectivity index (χ3n) is 5.53. The predicted octanol–water partition coefficient (Wildman–Crippen LogP) is 4.04. The van der Waals surface area contributed by atoms with Gasteiger partial charge in [0.15, 0.2) is 0 Å². The molecule has 1 fully saturated rings. The first-order valence-corrected chi connectivity index (χ1v) is 10.6. The first kappa shape index (κ1) is 19.9. The molecule has 1 aliphatic heterocycles. The number of ether oxygens (including phenoxy) is 1. The van der Waals surface area contributed by atoms with Crippen molar-refractivity contribution >= 4 is 21.8 Å². The minimum atomic E-state index is -0.0914. The van der Waals surface area contributed by atoms with Crippen molar-refractivity contribution in [2.24, 2.45) is 0 Å². The Labute approximate surface area is 179 Å². The van der Waals surface area contributed by atoms with Gasteiger partial charge in [-0.2, -0.15) is 5.10 Å². The van der Waals surface area contributed by atoms with Crippen molar-refractivity contribution in [1.29, 1.82) is 0 Å². The SMILES string of the molecule is O=C(Cc1cnn(-c2ccccc2)c1)NCC1(c2cccc(Br)c2)CCOCC1. The van der Waals surface area contributed by atoms with Gasteiger partial charge in [-0.25, -0.2) is 4.68 Å². The van der Waals surface area contributed by atoms with Gasteiger partial charge in [0, 0.05) is 35.8 Å². The maximum atomic E-state index is 12.7. The number of hydrogen-bond donors (Lipinski definition) is 1. The smallest absolute Gasteiger partial charge is 0.224 e. The van der Waals surface area contributed by atoms with Crippen LogP contribution in [-0.2, 0) is 21.4 Å². The molecule has 1 N–H and O–H groups in total. The molecule has 0 saturated carbocycles. The zero-order valence-electron chi connectivity index (χ0n) is 16.2. The maximum Gasteiger partial charge on any atom is 0.224 e. The largest absolute Gasteiger partial charge is 0.381 e. The maximum absolute atomic E-state index is 12.7. The van der Waals surface area contributed by atoms with Crippen LogP contribution < -0.4 is 5.32 Å². The Morgan fingerprint density at radius 3 is 2.69 bits per heavy atom. The summed E-state index contributed by atoms with van der Waals surface area (Å²) in [5.74, 6) is 0.0125. The van der Waals surface area contributed by atoms with Gasteiger partial charge in [-0.05, 0) is 48.2 Å². The summed E-state index contributed by atoms with van der Waals surface area (Å²) in [5, 5.41) is 7.54. The lowest BCUT2D eigenvalue weighted by atomic mass is 9.74. The van der Waals surface area contributed by atoms with Gasteiger partial charge in [0.25, 0.3) is 0 Å². The third-order valence-corrected chi connectivity index (χ3v) is 6.03. The molecule has 5 nitrogen and oxygen atoms in total. The van der Waals surface area contributed by atoms with Crippen LogP contribution in [0.1, 0.15) is 24.0 Å². The Balaban J connectivity index is 1.42. The second-order valence-corrected chi connectivity index (χ2v) is 8.40. The lowest BCUT2D eigenvalue weighted by Crippen LogP contribution is -2.45. The monoisotopic (exact) mass is 453 g/mol. The Morgan fingerprint density at radius 1 is 1.14 bits per heavy atom. The number of carbonyl (C=O) groups excluding carboxylic acids is 1. The molecule has 3 aromatic rings. The second kappa shape index (κ2) is 8.93. The molecule has 0 radical (unpaired) electrons. The topological polar surface area (TPSA) is 56.2 Å². The van der Waals surface area contributed by atoms with Crippen LogP contribution in [0.5, 0.6) is 0 Å². The van der Waals surface area contributed by atoms with Crippen molar-refractivity contribution in [2.75, 3.05) is 19.8 Å². The summed E-state index contributed by atoms with van der Waals surface area (Å²) >= 11 is 3.57. The molecule has 2 heterocycles. The van der Waals surface area contributed by atoms with Crippen molar-refractivity contribution in [3.05, 3.63) is 82.6 Å². The van der Waals surface area contributed by atoms with Crippen molar-refractivity contribution in [3.63, 3.8) is 0 Å². The number of hydrogen-bond acceptors (Lipinski definition) is 3. The van der Waals surface area contributed by atoms with E-state index in [1.807, 2.05) is 42.6 Å². The van der Waals surface area contributed by atoms with Crippen molar-refractivity contribution in [1.82, 2.24) is 15.1 Å². The van der Waals surface area contributed by atoms with Crippen LogP contribution in [0.4, 0.5) is 0 Å². The molecule has 1 saturated heterocycles. The summed E-state index contributed by atoms with van der Waals surface area (Å²) in [6.07, 6.45) is 5.78. The van der Waals surface area contributed by atoms with Gasteiger partial charge < -0.3 is 10.1 Å². The molecule has 6 heteroatoms. The fourth-order valence-electron chi connectivity index (χ4n) is 3.84. The average molecular weight is 454 g/mol. The zero-order valence-corrected chi connectivity index (χ0v) is 17.8. The lowest BCUT2D eigenvalue weighted by molar-refractivity contribution is -0.120. The first-order valence-electron chi connectivity index (χ1n) is 9.84. The molecular weight excluding hydrogens is 430 g/mol. The number of nitrogens with zero attached hydrogens (tertiary/aromatic N) is 2. The minimum absolute atomic E-state index is 0.0125. The van der Waals surface area contributed by atoms with Gasteiger partial charge in [-0.3, -0.25) is 4.79 Å². The van der Waals surface area contributed by atoms with Crippen LogP contribution in [0.15, 0.2) is 71.5 Å². The Hall–Kier alpha value is -2.44. The van der Waals surface area contributed by atoms with Crippen LogP contribution in [0.2, 0.25) is 0 Å². The number of halogens is 1. The van der Waals surface area contributed by atoms with Crippen molar-refractivity contribution in [2.45, 2.75) is 24.7 Å². The fourth-order valence-corrected chi connectivity index (χ4v) is 4.24. The van der Waals surface area contributed by atoms with Gasteiger partial charge in [-0.15, -0.1) is 0 Å². The summed E-state index contributed by atoms with van der Waals surface area (Å²) in [6, 6.07) is 18.3. The first-order chi connectivity index (χ1) is 14.1. The summed E-state index contributed by atoms with van der Waals surface area (Å²) in [7, 11) is 0. The zero-order chi connectivity index (χ0) is 20.1. The van der Waals surface area contributed by atoms with Gasteiger partial charge in [0.1, 0.15) is 0 Å². The van der Waals surface area contributed by atoms with E-state index < -0.39 is 0 Å². The Kier molecular flexibility index (Phi) is 6.11. The van der Waals surface area contributed by atoms with Crippen LogP contribution >= 0.6 is 15.9 Å². The van der Waals surface area contributed by atoms with Crippen LogP contribution in [0.25, 0.3) is 5.69 Å². The molecule has 150 valence electrons. The number of rotatable bonds is 6. The van der Waals surface area contributed by atoms with Gasteiger partial charge in [0.05, 0.1) is 18.3 Å². The van der Waals surface area contributed by atoms with Crippen LogP contribution in [0, 0.1) is 0 Å². The molecule has 4 rings (SSSR count). The second-order valence-electron chi connectivity index (χ2n) is 7.49. The van der Waals surface area contributed by atoms with Crippen LogP contribution in [0.3, 0.4) is 0 Å². The normalized spacial score (nSPS) is 15.8. The number of amides is 1. The fraction of sp³-hybridized carbons (Fsp3) is 0.304. The van der Waals surface area contributed by atoms with E-state index in [1.165, 1.54) is 5.56 Å². The minimum Gasteiger partial charge on any atom is -0.381 e. The molecule has 1 aliphatic rings. The highest BCUT2D eigenvalue weighted by Crippen LogP contribution is 2.35. The van der Waals surface area contributed by atoms with E-state index in [2.05, 4.69) is 44.5 Å². The highest BCUT2D eigenvalue weighted by Gasteiger charge is 2.35. The molecule has 0 unspecified atom stereocenters. The van der Waals surface area contributed by atoms with E-state index in [0.29, 0.717) is 26.2 Å². The van der Waals surface area contributed by atoms with E-state index in [1.54, 1.807) is 10.9 Å². The van der Waals surface area contributed by atoms with Crippen molar-refractivity contribution < 1.29 is 9.53 Å². The molecule has 0 spiro atoms. The number of para-hydroxylation sites is 1. The Bertz CT molecular complexity index is 965. The van der Waals surface area contributed by atoms with E-state index in [9.17, 15) is 4.79 Å². The van der Waals surface area contributed by atoms with E-state index in [4.69, 9.17) is 4.74 Å². The van der Waals surface area contributed by atoms with Gasteiger partial charge in [-0.1, -0.05) is 46.3 Å². The molecule has 1 amide bonds. The molecule has 29 heavy (non-hydrogen) atoms. The number of carbonyl (C=O) groups is 1. The van der Waals surface area contributed by atoms with Gasteiger partial charge in [0.2, 0.25) is 5.91 Å². The standard InChI is InChI=1S/C23H24BrN3O2/c24-20-6-4-5-19(14-20)23(9-11-29-12-10-23)17-25-22(28)13-18-15-26-27(16-18)21-7-2-1-3-8-21/h1-8,14-16H,9-13,17H2,(H,25,28). The average Bonchev–Trinajstić information content (AvgIpc) is 3.22. The molecule has 2 aromatic carbocycles. The molecule has 0 aliphatic carbocycles. The number of benzene rings is 2. The molecule has 0 atom stereocenters. The highest BCUT2D eigenvalue weighted by atomic mass is 79.9. The highest BCUT2D eigenvalue weighted by molar-refractivity contribution is 9.10. The summed E-state index contributed by atoms with van der Waals surface area (Å²) in [5.41, 5.74) is 3.03. The third kappa shape index (κ3) is 4.77. The van der Waals surface area contributed by atoms with Gasteiger partial charge >= 0.3 is 0 Å². The number of nitrogens with one attached hydrogen (secondary N) is 1. The number of aromatic nitrogens is 2. The Morgan fingerprint density at radius 2 is 1.93 bits per heavy atom. The van der Waals surface area contributed by atoms with E-state index in [0.717, 1.165) is 28.6 Å². The van der Waals surface area contributed by atoms with E-state index in [-0.39, 0.29) is 11.3 Å². The molecule has 0 bridgehead atoms. The van der Waals surface area contributed by atoms with Crippen LogP contribution in [-0.4, -0.2) is 35.4 Å². The summed E-state index contributed by atoms with van der Waals surface area (Å²) in [6.45, 7) is 2.04. The molecular formula is C23H24BrN3O2. The summed E-state index contributed by atoms with van der Waals surface area (Å²) < 4.78 is 8.44. The lowest BCUT2D eigenvalue weighted by Gasteiger charge is -2.38. The predicted molar refractivity (Wildman–Crippen MR) is 116 cm³/mol. The quantitative estimate of drug-likeness (QED) is 0.612.